The van der Waals surface area contributed by atoms with Gasteiger partial charge in [0.05, 0.1) is 28.9 Å². The molecule has 1 aliphatic carbocycles. The minimum atomic E-state index is -4.35. The average Bonchev–Trinajstić information content (AvgIpc) is 3.98. The summed E-state index contributed by atoms with van der Waals surface area (Å²) in [6, 6.07) is 22.1. The summed E-state index contributed by atoms with van der Waals surface area (Å²) in [7, 11) is -4.35. The van der Waals surface area contributed by atoms with Crippen LogP contribution in [0.15, 0.2) is 123 Å². The van der Waals surface area contributed by atoms with Crippen LogP contribution in [0.2, 0.25) is 0 Å². The Bertz CT molecular complexity index is 3150. The van der Waals surface area contributed by atoms with E-state index >= 15 is 0 Å². The van der Waals surface area contributed by atoms with Gasteiger partial charge in [0.1, 0.15) is 11.7 Å². The molecule has 15 heteroatoms. The van der Waals surface area contributed by atoms with E-state index in [1.165, 1.54) is 58.3 Å². The fraction of sp³-hybridized carbons (Fsp3) is 0.429. The molecule has 14 nitrogen and oxygen atoms in total. The number of fused-ring (bicyclic) bond motifs is 8. The minimum Gasteiger partial charge on any atom is -0.370 e. The van der Waals surface area contributed by atoms with Crippen molar-refractivity contribution in [1.29, 1.82) is 0 Å². The number of anilines is 3. The standard InChI is InChI=1S/C56H65N9O5S/c1-7-34-10-15-37(16-11-34)59-49-20-9-33(2)43(60-51-32-44(62-63-51)36-13-14-36)31-50(61-49)57-23-8-24-58-52(66)28-35-12-18-45-41(27-35)55(3,4)53-39-30-40-48(70-47(39)21-25-64(45)53)22-26-65-46-19-17-38(71(67,68)69)29-42(46)56(5,6)54(40)65/h10-12,15-19,27,29-32,36,47-48,57H,7-9,13-14,20-26,28H2,1-6H3,(H4-,58,59,60,61,62,63,66,67,68,69)/p+1/b43-33-,50-31-. The lowest BCUT2D eigenvalue weighted by Crippen LogP contribution is -2.47. The van der Waals surface area contributed by atoms with Crippen molar-refractivity contribution in [3.05, 3.63) is 141 Å². The highest BCUT2D eigenvalue weighted by atomic mass is 32.2. The van der Waals surface area contributed by atoms with Gasteiger partial charge in [-0.1, -0.05) is 45.0 Å². The van der Waals surface area contributed by atoms with Crippen LogP contribution >= 0.6 is 0 Å². The first-order chi connectivity index (χ1) is 34.0. The maximum absolute atomic E-state index is 13.6. The Balaban J connectivity index is 0.764. The van der Waals surface area contributed by atoms with Gasteiger partial charge in [0, 0.05) is 107 Å². The molecule has 4 aromatic rings. The summed E-state index contributed by atoms with van der Waals surface area (Å²) in [4.78, 5) is 21.0. The summed E-state index contributed by atoms with van der Waals surface area (Å²) >= 11 is 0. The fourth-order valence-corrected chi connectivity index (χ4v) is 12.3. The van der Waals surface area contributed by atoms with Gasteiger partial charge in [0.2, 0.25) is 11.6 Å². The second-order valence-corrected chi connectivity index (χ2v) is 22.8. The number of aliphatic imine (C=N–C) groups is 1. The Kier molecular flexibility index (Phi) is 12.0. The number of amidine groups is 1. The second-order valence-electron chi connectivity index (χ2n) is 21.4. The Labute approximate surface area is 417 Å². The molecule has 71 heavy (non-hydrogen) atoms. The normalized spacial score (nSPS) is 24.4. The summed E-state index contributed by atoms with van der Waals surface area (Å²) in [6.07, 6.45) is 12.0. The molecule has 1 fully saturated rings. The molecular weight excluding hydrogens is 911 g/mol. The largest absolute Gasteiger partial charge is 0.370 e. The van der Waals surface area contributed by atoms with Crippen LogP contribution in [-0.4, -0.2) is 83.6 Å². The first-order valence-electron chi connectivity index (χ1n) is 25.5. The molecule has 6 aliphatic heterocycles. The van der Waals surface area contributed by atoms with Gasteiger partial charge in [0.15, 0.2) is 18.1 Å². The number of aromatic amines is 1. The summed E-state index contributed by atoms with van der Waals surface area (Å²) in [5, 5.41) is 21.6. The van der Waals surface area contributed by atoms with E-state index in [0.717, 1.165) is 102 Å². The van der Waals surface area contributed by atoms with Gasteiger partial charge in [-0.2, -0.15) is 18.1 Å². The summed E-state index contributed by atoms with van der Waals surface area (Å²) in [5.74, 6) is 3.00. The van der Waals surface area contributed by atoms with Crippen LogP contribution in [-0.2, 0) is 43.3 Å². The maximum Gasteiger partial charge on any atom is 0.294 e. The number of hydrogen-bond donors (Lipinski definition) is 6. The highest BCUT2D eigenvalue weighted by Gasteiger charge is 2.54. The quantitative estimate of drug-likeness (QED) is 0.0431. The Morgan fingerprint density at radius 3 is 2.48 bits per heavy atom. The van der Waals surface area contributed by atoms with Gasteiger partial charge in [-0.3, -0.25) is 14.4 Å². The summed E-state index contributed by atoms with van der Waals surface area (Å²) < 4.78 is 43.6. The van der Waals surface area contributed by atoms with Crippen molar-refractivity contribution in [2.75, 3.05) is 41.7 Å². The van der Waals surface area contributed by atoms with Gasteiger partial charge < -0.3 is 30.9 Å². The highest BCUT2D eigenvalue weighted by molar-refractivity contribution is 7.85. The third kappa shape index (κ3) is 8.94. The Morgan fingerprint density at radius 1 is 0.901 bits per heavy atom. The third-order valence-corrected chi connectivity index (χ3v) is 16.5. The van der Waals surface area contributed by atoms with Gasteiger partial charge in [-0.05, 0) is 118 Å². The number of benzene rings is 3. The number of hydrogen-bond acceptors (Lipinski definition) is 10. The number of allylic oxidation sites excluding steroid dienone is 3. The van der Waals surface area contributed by atoms with Crippen LogP contribution in [0.1, 0.15) is 120 Å². The van der Waals surface area contributed by atoms with Gasteiger partial charge >= 0.3 is 0 Å². The van der Waals surface area contributed by atoms with Crippen molar-refractivity contribution in [3.8, 4) is 0 Å². The molecule has 0 spiro atoms. The van der Waals surface area contributed by atoms with Gasteiger partial charge in [-0.25, -0.2) is 4.99 Å². The van der Waals surface area contributed by atoms with E-state index in [9.17, 15) is 17.8 Å². The van der Waals surface area contributed by atoms with Crippen LogP contribution in [0.4, 0.5) is 22.9 Å². The van der Waals surface area contributed by atoms with E-state index < -0.39 is 15.5 Å². The van der Waals surface area contributed by atoms with Crippen molar-refractivity contribution in [3.63, 3.8) is 0 Å². The highest BCUT2D eigenvalue weighted by Crippen LogP contribution is 2.54. The minimum absolute atomic E-state index is 0.0156. The molecule has 6 N–H and O–H groups in total. The van der Waals surface area contributed by atoms with Crippen LogP contribution in [0, 0.1) is 0 Å². The molecule has 7 heterocycles. The predicted octanol–water partition coefficient (Wildman–Crippen LogP) is 9.20. The van der Waals surface area contributed by atoms with Crippen LogP contribution in [0.25, 0.3) is 0 Å². The van der Waals surface area contributed by atoms with E-state index in [0.29, 0.717) is 25.4 Å². The first kappa shape index (κ1) is 47.1. The van der Waals surface area contributed by atoms with Crippen molar-refractivity contribution in [2.45, 2.75) is 133 Å². The molecule has 0 saturated heterocycles. The number of nitrogens with zero attached hydrogens (tertiary/aromatic N) is 4. The predicted molar refractivity (Wildman–Crippen MR) is 279 cm³/mol. The molecule has 2 unspecified atom stereocenters. The summed E-state index contributed by atoms with van der Waals surface area (Å²) in [5.41, 5.74) is 14.7. The number of carbonyl (C=O) groups excluding carboxylic acids is 1. The maximum atomic E-state index is 13.6. The van der Waals surface area contributed by atoms with E-state index in [1.807, 2.05) is 6.07 Å². The lowest BCUT2D eigenvalue weighted by Gasteiger charge is -2.42. The van der Waals surface area contributed by atoms with E-state index in [4.69, 9.17) is 9.73 Å². The molecule has 1 saturated carbocycles. The zero-order chi connectivity index (χ0) is 49.4. The monoisotopic (exact) mass is 976 g/mol. The SMILES string of the molecule is CCc1ccc(N/C2=N/C(NCCCNC(=O)Cc3ccc4c(c3)C(C)(C)C3=C5C=C6C7=[N+](CCC6OC5CCN34)c3ccc(S(=O)(=O)O)cc3C7(C)C)=C\C(Nc3cc(C4CC4)[nH]n3)=C(/C)CC2)cc1. The molecular formula is C56H66N9O5S+. The molecule has 11 rings (SSSR count). The van der Waals surface area contributed by atoms with E-state index in [2.05, 4.69) is 143 Å². The topological polar surface area (TPSA) is 176 Å². The van der Waals surface area contributed by atoms with Crippen molar-refractivity contribution < 1.29 is 27.1 Å². The average molecular weight is 977 g/mol. The number of amides is 1. The Hall–Kier alpha value is -6.29. The van der Waals surface area contributed by atoms with Gasteiger partial charge in [0.25, 0.3) is 10.1 Å². The van der Waals surface area contributed by atoms with Crippen molar-refractivity contribution >= 4 is 50.5 Å². The lowest BCUT2D eigenvalue weighted by atomic mass is 9.74. The number of aryl methyl sites for hydroxylation is 1. The lowest BCUT2D eigenvalue weighted by molar-refractivity contribution is -0.445. The van der Waals surface area contributed by atoms with Crippen LogP contribution < -0.4 is 26.2 Å². The molecule has 0 radical (unpaired) electrons. The second kappa shape index (κ2) is 18.1. The molecule has 370 valence electrons. The molecule has 1 aromatic heterocycles. The number of ether oxygens (including phenoxy) is 1. The number of H-pyrrole nitrogens is 1. The van der Waals surface area contributed by atoms with Crippen LogP contribution in [0.5, 0.6) is 0 Å². The van der Waals surface area contributed by atoms with E-state index in [1.54, 1.807) is 6.07 Å². The number of carbonyl (C=O) groups is 1. The molecule has 0 bridgehead atoms. The fourth-order valence-electron chi connectivity index (χ4n) is 11.8. The molecule has 2 atom stereocenters. The summed E-state index contributed by atoms with van der Waals surface area (Å²) in [6.45, 7) is 15.9. The van der Waals surface area contributed by atoms with Crippen molar-refractivity contribution in [1.82, 2.24) is 20.8 Å². The number of nitrogens with one attached hydrogen (secondary N) is 5. The Morgan fingerprint density at radius 2 is 1.70 bits per heavy atom. The molecule has 7 aliphatic rings. The van der Waals surface area contributed by atoms with Crippen molar-refractivity contribution in [2.24, 2.45) is 4.99 Å². The van der Waals surface area contributed by atoms with Gasteiger partial charge in [-0.15, -0.1) is 0 Å². The van der Waals surface area contributed by atoms with Crippen LogP contribution in [0.3, 0.4) is 0 Å². The van der Waals surface area contributed by atoms with E-state index in [-0.39, 0.29) is 34.8 Å². The molecule has 3 aromatic carbocycles. The number of rotatable bonds is 13. The zero-order valence-corrected chi connectivity index (χ0v) is 42.5. The zero-order valence-electron chi connectivity index (χ0n) is 41.7. The third-order valence-electron chi connectivity index (χ3n) is 15.7. The number of aromatic nitrogens is 2. The first-order valence-corrected chi connectivity index (χ1v) is 27.0. The molecule has 1 amide bonds. The smallest absolute Gasteiger partial charge is 0.294 e.